The van der Waals surface area contributed by atoms with Crippen molar-refractivity contribution in [1.29, 1.82) is 0 Å². The van der Waals surface area contributed by atoms with E-state index in [2.05, 4.69) is 22.5 Å². The Kier molecular flexibility index (Phi) is 5.31. The number of fused-ring (bicyclic) bond motifs is 1. The van der Waals surface area contributed by atoms with Crippen molar-refractivity contribution in [2.45, 2.75) is 20.3 Å². The molecule has 20 heavy (non-hydrogen) atoms. The van der Waals surface area contributed by atoms with Gasteiger partial charge in [0.05, 0.1) is 23.4 Å². The van der Waals surface area contributed by atoms with Gasteiger partial charge in [0.15, 0.2) is 5.13 Å². The molecule has 0 atom stereocenters. The lowest BCUT2D eigenvalue weighted by Gasteiger charge is -2.02. The second kappa shape index (κ2) is 7.21. The number of rotatable bonds is 7. The highest BCUT2D eigenvalue weighted by molar-refractivity contribution is 7.22. The Hall–Kier alpha value is -1.66. The van der Waals surface area contributed by atoms with Crippen LogP contribution in [-0.4, -0.2) is 30.6 Å². The average Bonchev–Trinajstić information content (AvgIpc) is 2.80. The van der Waals surface area contributed by atoms with E-state index < -0.39 is 0 Å². The minimum absolute atomic E-state index is 0.0671. The number of thiazole rings is 1. The number of carbonyl (C=O) groups is 1. The SMILES string of the molecule is CCCNCC(=O)Nc1nc2ccc(OCC)cc2s1. The van der Waals surface area contributed by atoms with Crippen molar-refractivity contribution in [2.75, 3.05) is 25.0 Å². The second-order valence-electron chi connectivity index (χ2n) is 4.31. The summed E-state index contributed by atoms with van der Waals surface area (Å²) in [5.74, 6) is 0.758. The predicted molar refractivity (Wildman–Crippen MR) is 82.6 cm³/mol. The van der Waals surface area contributed by atoms with Crippen molar-refractivity contribution in [2.24, 2.45) is 0 Å². The first-order chi connectivity index (χ1) is 9.72. The monoisotopic (exact) mass is 293 g/mol. The van der Waals surface area contributed by atoms with E-state index in [9.17, 15) is 4.79 Å². The lowest BCUT2D eigenvalue weighted by Crippen LogP contribution is -2.28. The number of nitrogens with zero attached hydrogens (tertiary/aromatic N) is 1. The molecule has 0 aliphatic heterocycles. The summed E-state index contributed by atoms with van der Waals surface area (Å²) < 4.78 is 6.46. The van der Waals surface area contributed by atoms with Crippen LogP contribution in [0.5, 0.6) is 5.75 Å². The van der Waals surface area contributed by atoms with Crippen LogP contribution in [0.15, 0.2) is 18.2 Å². The van der Waals surface area contributed by atoms with Gasteiger partial charge in [0.2, 0.25) is 5.91 Å². The average molecular weight is 293 g/mol. The summed E-state index contributed by atoms with van der Waals surface area (Å²) >= 11 is 1.45. The molecule has 2 aromatic rings. The van der Waals surface area contributed by atoms with Crippen LogP contribution in [0.25, 0.3) is 10.2 Å². The zero-order valence-electron chi connectivity index (χ0n) is 11.7. The molecule has 0 fully saturated rings. The number of aromatic nitrogens is 1. The van der Waals surface area contributed by atoms with E-state index in [0.29, 0.717) is 18.3 Å². The summed E-state index contributed by atoms with van der Waals surface area (Å²) in [6.07, 6.45) is 1.01. The first-order valence-corrected chi connectivity index (χ1v) is 7.58. The van der Waals surface area contributed by atoms with Gasteiger partial charge in [-0.05, 0) is 38.1 Å². The van der Waals surface area contributed by atoms with Crippen LogP contribution < -0.4 is 15.4 Å². The maximum Gasteiger partial charge on any atom is 0.240 e. The van der Waals surface area contributed by atoms with Crippen LogP contribution in [0.3, 0.4) is 0 Å². The lowest BCUT2D eigenvalue weighted by atomic mass is 10.3. The van der Waals surface area contributed by atoms with E-state index in [4.69, 9.17) is 4.74 Å². The van der Waals surface area contributed by atoms with E-state index in [0.717, 1.165) is 28.9 Å². The maximum absolute atomic E-state index is 11.7. The third-order valence-corrected chi connectivity index (χ3v) is 3.56. The summed E-state index contributed by atoms with van der Waals surface area (Å²) in [5, 5.41) is 6.49. The van der Waals surface area contributed by atoms with E-state index >= 15 is 0 Å². The molecule has 0 radical (unpaired) electrons. The van der Waals surface area contributed by atoms with Gasteiger partial charge < -0.3 is 15.4 Å². The fraction of sp³-hybridized carbons (Fsp3) is 0.429. The summed E-state index contributed by atoms with van der Waals surface area (Å²) in [6, 6.07) is 5.74. The van der Waals surface area contributed by atoms with Crippen LogP contribution in [0.4, 0.5) is 5.13 Å². The molecule has 5 nitrogen and oxygen atoms in total. The fourth-order valence-corrected chi connectivity index (χ4v) is 2.67. The highest BCUT2D eigenvalue weighted by Gasteiger charge is 2.08. The number of amides is 1. The van der Waals surface area contributed by atoms with E-state index in [1.807, 2.05) is 25.1 Å². The zero-order chi connectivity index (χ0) is 14.4. The van der Waals surface area contributed by atoms with Gasteiger partial charge in [0.25, 0.3) is 0 Å². The Morgan fingerprint density at radius 2 is 2.25 bits per heavy atom. The normalized spacial score (nSPS) is 10.7. The fourth-order valence-electron chi connectivity index (χ4n) is 1.76. The third-order valence-electron chi connectivity index (χ3n) is 2.63. The number of benzene rings is 1. The van der Waals surface area contributed by atoms with E-state index in [1.54, 1.807) is 0 Å². The third kappa shape index (κ3) is 3.91. The Balaban J connectivity index is 2.02. The highest BCUT2D eigenvalue weighted by Crippen LogP contribution is 2.29. The topological polar surface area (TPSA) is 63.2 Å². The number of hydrogen-bond donors (Lipinski definition) is 2. The Bertz CT molecular complexity index is 583. The van der Waals surface area contributed by atoms with Gasteiger partial charge in [-0.15, -0.1) is 0 Å². The first-order valence-electron chi connectivity index (χ1n) is 6.77. The largest absolute Gasteiger partial charge is 0.494 e. The molecule has 1 heterocycles. The summed E-state index contributed by atoms with van der Waals surface area (Å²) in [4.78, 5) is 16.1. The van der Waals surface area contributed by atoms with Gasteiger partial charge in [-0.1, -0.05) is 18.3 Å². The summed E-state index contributed by atoms with van der Waals surface area (Å²) in [5.41, 5.74) is 0.871. The molecule has 0 saturated carbocycles. The quantitative estimate of drug-likeness (QED) is 0.770. The van der Waals surface area contributed by atoms with Crippen LogP contribution in [0.1, 0.15) is 20.3 Å². The molecular formula is C14H19N3O2S. The summed E-state index contributed by atoms with van der Waals surface area (Å²) in [6.45, 7) is 5.80. The molecule has 1 amide bonds. The van der Waals surface area contributed by atoms with Gasteiger partial charge in [0, 0.05) is 0 Å². The number of hydrogen-bond acceptors (Lipinski definition) is 5. The van der Waals surface area contributed by atoms with Gasteiger partial charge in [-0.25, -0.2) is 4.98 Å². The highest BCUT2D eigenvalue weighted by atomic mass is 32.1. The lowest BCUT2D eigenvalue weighted by molar-refractivity contribution is -0.115. The molecule has 108 valence electrons. The minimum atomic E-state index is -0.0671. The van der Waals surface area contributed by atoms with Gasteiger partial charge in [-0.2, -0.15) is 0 Å². The van der Waals surface area contributed by atoms with Crippen molar-refractivity contribution < 1.29 is 9.53 Å². The van der Waals surface area contributed by atoms with Crippen molar-refractivity contribution in [3.05, 3.63) is 18.2 Å². The zero-order valence-corrected chi connectivity index (χ0v) is 12.5. The molecule has 2 rings (SSSR count). The Morgan fingerprint density at radius 1 is 1.40 bits per heavy atom. The molecule has 0 spiro atoms. The maximum atomic E-state index is 11.7. The molecule has 2 N–H and O–H groups in total. The molecule has 0 unspecified atom stereocenters. The van der Waals surface area contributed by atoms with E-state index in [1.165, 1.54) is 11.3 Å². The smallest absolute Gasteiger partial charge is 0.240 e. The van der Waals surface area contributed by atoms with Gasteiger partial charge >= 0.3 is 0 Å². The van der Waals surface area contributed by atoms with Crippen LogP contribution in [-0.2, 0) is 4.79 Å². The minimum Gasteiger partial charge on any atom is -0.494 e. The van der Waals surface area contributed by atoms with Crippen molar-refractivity contribution in [3.63, 3.8) is 0 Å². The summed E-state index contributed by atoms with van der Waals surface area (Å²) in [7, 11) is 0. The Labute approximate surface area is 122 Å². The van der Waals surface area contributed by atoms with Crippen molar-refractivity contribution in [1.82, 2.24) is 10.3 Å². The second-order valence-corrected chi connectivity index (χ2v) is 5.34. The number of anilines is 1. The molecule has 6 heteroatoms. The first kappa shape index (κ1) is 14.7. The molecular weight excluding hydrogens is 274 g/mol. The van der Waals surface area contributed by atoms with Crippen molar-refractivity contribution >= 4 is 32.6 Å². The Morgan fingerprint density at radius 3 is 3.00 bits per heavy atom. The van der Waals surface area contributed by atoms with Crippen LogP contribution >= 0.6 is 11.3 Å². The molecule has 0 bridgehead atoms. The number of ether oxygens (including phenoxy) is 1. The van der Waals surface area contributed by atoms with Crippen LogP contribution in [0.2, 0.25) is 0 Å². The molecule has 0 saturated heterocycles. The predicted octanol–water partition coefficient (Wildman–Crippen LogP) is 2.63. The van der Waals surface area contributed by atoms with Gasteiger partial charge in [-0.3, -0.25) is 4.79 Å². The van der Waals surface area contributed by atoms with Crippen LogP contribution in [0, 0.1) is 0 Å². The number of nitrogens with one attached hydrogen (secondary N) is 2. The molecule has 1 aromatic carbocycles. The number of carbonyl (C=O) groups excluding carboxylic acids is 1. The molecule has 0 aliphatic rings. The molecule has 1 aromatic heterocycles. The van der Waals surface area contributed by atoms with E-state index in [-0.39, 0.29) is 5.91 Å². The van der Waals surface area contributed by atoms with Gasteiger partial charge in [0.1, 0.15) is 5.75 Å². The molecule has 0 aliphatic carbocycles. The van der Waals surface area contributed by atoms with Crippen molar-refractivity contribution in [3.8, 4) is 5.75 Å². The standard InChI is InChI=1S/C14H19N3O2S/c1-3-7-15-9-13(18)17-14-16-11-6-5-10(19-4-2)8-12(11)20-14/h5-6,8,15H,3-4,7,9H2,1-2H3,(H,16,17,18).